The van der Waals surface area contributed by atoms with E-state index in [9.17, 15) is 0 Å². The lowest BCUT2D eigenvalue weighted by atomic mass is 10.1. The van der Waals surface area contributed by atoms with Gasteiger partial charge in [-0.2, -0.15) is 0 Å². The molecule has 3 nitrogen and oxygen atoms in total. The first kappa shape index (κ1) is 22.1. The molecule has 0 aromatic heterocycles. The monoisotopic (exact) mass is 417 g/mol. The predicted molar refractivity (Wildman–Crippen MR) is 118 cm³/mol. The van der Waals surface area contributed by atoms with E-state index >= 15 is 0 Å². The number of nitrogens with one attached hydrogen (secondary N) is 1. The minimum Gasteiger partial charge on any atom is -0.496 e. The topological polar surface area (TPSA) is 30.5 Å². The van der Waals surface area contributed by atoms with Crippen molar-refractivity contribution >= 4 is 24.0 Å². The molecule has 28 heavy (non-hydrogen) atoms. The molecule has 0 saturated heterocycles. The summed E-state index contributed by atoms with van der Waals surface area (Å²) in [5.74, 6) is 1.81. The summed E-state index contributed by atoms with van der Waals surface area (Å²) in [7, 11) is 1.71. The Morgan fingerprint density at radius 1 is 0.857 bits per heavy atom. The highest BCUT2D eigenvalue weighted by Gasteiger charge is 2.02. The summed E-state index contributed by atoms with van der Waals surface area (Å²) in [5, 5.41) is 4.21. The molecule has 0 aliphatic rings. The average molecular weight is 418 g/mol. The Hall–Kier alpha value is -2.20. The molecule has 148 valence electrons. The van der Waals surface area contributed by atoms with Crippen LogP contribution in [0.5, 0.6) is 11.5 Å². The fourth-order valence-corrected chi connectivity index (χ4v) is 2.94. The number of benzene rings is 3. The summed E-state index contributed by atoms with van der Waals surface area (Å²) in [6.07, 6.45) is 0.937. The third kappa shape index (κ3) is 6.75. The highest BCUT2D eigenvalue weighted by atomic mass is 35.5. The molecule has 0 aliphatic heterocycles. The van der Waals surface area contributed by atoms with Crippen LogP contribution in [0, 0.1) is 0 Å². The lowest BCUT2D eigenvalue weighted by Crippen LogP contribution is -2.16. The lowest BCUT2D eigenvalue weighted by molar-refractivity contribution is 0.306. The predicted octanol–water partition coefficient (Wildman–Crippen LogP) is 5.68. The van der Waals surface area contributed by atoms with Gasteiger partial charge in [0.15, 0.2) is 0 Å². The van der Waals surface area contributed by atoms with Crippen LogP contribution in [-0.2, 0) is 19.6 Å². The maximum atomic E-state index is 5.90. The molecule has 0 saturated carbocycles. The Morgan fingerprint density at radius 2 is 1.54 bits per heavy atom. The van der Waals surface area contributed by atoms with E-state index in [0.29, 0.717) is 6.61 Å². The second-order valence-corrected chi connectivity index (χ2v) is 6.73. The van der Waals surface area contributed by atoms with Gasteiger partial charge in [0.05, 0.1) is 7.11 Å². The van der Waals surface area contributed by atoms with Crippen molar-refractivity contribution in [3.8, 4) is 11.5 Å². The largest absolute Gasteiger partial charge is 0.496 e. The third-order valence-electron chi connectivity index (χ3n) is 4.33. The fourth-order valence-electron chi connectivity index (χ4n) is 2.82. The molecule has 3 aromatic rings. The van der Waals surface area contributed by atoms with Gasteiger partial charge in [-0.25, -0.2) is 0 Å². The normalized spacial score (nSPS) is 10.2. The number of hydrogen-bond donors (Lipinski definition) is 1. The van der Waals surface area contributed by atoms with Gasteiger partial charge >= 0.3 is 0 Å². The van der Waals surface area contributed by atoms with Gasteiger partial charge in [-0.15, -0.1) is 12.4 Å². The van der Waals surface area contributed by atoms with E-state index in [1.54, 1.807) is 7.11 Å². The van der Waals surface area contributed by atoms with Crippen molar-refractivity contribution < 1.29 is 9.47 Å². The molecule has 0 unspecified atom stereocenters. The van der Waals surface area contributed by atoms with Gasteiger partial charge in [0.2, 0.25) is 0 Å². The van der Waals surface area contributed by atoms with Crippen LogP contribution in [-0.4, -0.2) is 13.7 Å². The van der Waals surface area contributed by atoms with Crippen molar-refractivity contribution in [1.29, 1.82) is 0 Å². The van der Waals surface area contributed by atoms with E-state index < -0.39 is 0 Å². The minimum absolute atomic E-state index is 0. The summed E-state index contributed by atoms with van der Waals surface area (Å²) in [6, 6.07) is 24.0. The standard InChI is InChI=1S/C23H24ClNO2.ClH/c1-26-23-5-3-2-4-20(23)14-15-25-16-18-8-12-22(13-9-18)27-17-19-6-10-21(24)11-7-19;/h2-13,25H,14-17H2,1H3;1H. The molecule has 0 fully saturated rings. The van der Waals surface area contributed by atoms with Crippen LogP contribution in [0.1, 0.15) is 16.7 Å². The number of rotatable bonds is 9. The van der Waals surface area contributed by atoms with Gasteiger partial charge in [-0.05, 0) is 60.0 Å². The molecule has 3 rings (SSSR count). The molecule has 5 heteroatoms. The van der Waals surface area contributed by atoms with E-state index in [0.717, 1.165) is 41.6 Å². The molecule has 0 spiro atoms. The van der Waals surface area contributed by atoms with Crippen molar-refractivity contribution in [1.82, 2.24) is 5.32 Å². The van der Waals surface area contributed by atoms with E-state index in [1.807, 2.05) is 54.6 Å². The average Bonchev–Trinajstić information content (AvgIpc) is 2.72. The molecular weight excluding hydrogens is 393 g/mol. The van der Waals surface area contributed by atoms with E-state index in [4.69, 9.17) is 21.1 Å². The number of halogens is 2. The SMILES string of the molecule is COc1ccccc1CCNCc1ccc(OCc2ccc(Cl)cc2)cc1.Cl. The van der Waals surface area contributed by atoms with Gasteiger partial charge in [-0.1, -0.05) is 54.1 Å². The molecule has 3 aromatic carbocycles. The van der Waals surface area contributed by atoms with Gasteiger partial charge in [0.1, 0.15) is 18.1 Å². The summed E-state index contributed by atoms with van der Waals surface area (Å²) in [5.41, 5.74) is 3.55. The maximum Gasteiger partial charge on any atom is 0.122 e. The quantitative estimate of drug-likeness (QED) is 0.454. The lowest BCUT2D eigenvalue weighted by Gasteiger charge is -2.10. The first-order valence-corrected chi connectivity index (χ1v) is 9.41. The number of para-hydroxylation sites is 1. The van der Waals surface area contributed by atoms with Gasteiger partial charge in [0, 0.05) is 11.6 Å². The first-order chi connectivity index (χ1) is 13.2. The van der Waals surface area contributed by atoms with Crippen LogP contribution in [0.25, 0.3) is 0 Å². The van der Waals surface area contributed by atoms with Crippen LogP contribution >= 0.6 is 24.0 Å². The van der Waals surface area contributed by atoms with E-state index in [-0.39, 0.29) is 12.4 Å². The van der Waals surface area contributed by atoms with Crippen LogP contribution in [0.3, 0.4) is 0 Å². The molecule has 0 amide bonds. The van der Waals surface area contributed by atoms with E-state index in [2.05, 4.69) is 23.5 Å². The van der Waals surface area contributed by atoms with Crippen LogP contribution in [0.4, 0.5) is 0 Å². The summed E-state index contributed by atoms with van der Waals surface area (Å²) < 4.78 is 11.2. The smallest absolute Gasteiger partial charge is 0.122 e. The van der Waals surface area contributed by atoms with Crippen molar-refractivity contribution in [2.24, 2.45) is 0 Å². The fraction of sp³-hybridized carbons (Fsp3) is 0.217. The Bertz CT molecular complexity index is 836. The number of methoxy groups -OCH3 is 1. The third-order valence-corrected chi connectivity index (χ3v) is 4.59. The van der Waals surface area contributed by atoms with Crippen LogP contribution < -0.4 is 14.8 Å². The Balaban J connectivity index is 0.00000280. The molecular formula is C23H25Cl2NO2. The zero-order chi connectivity index (χ0) is 18.9. The van der Waals surface area contributed by atoms with Crippen LogP contribution in [0.15, 0.2) is 72.8 Å². The van der Waals surface area contributed by atoms with Gasteiger partial charge in [-0.3, -0.25) is 0 Å². The second kappa shape index (κ2) is 11.6. The molecule has 0 bridgehead atoms. The maximum absolute atomic E-state index is 5.90. The first-order valence-electron chi connectivity index (χ1n) is 9.03. The Kier molecular flexibility index (Phi) is 9.15. The zero-order valence-corrected chi connectivity index (χ0v) is 17.4. The van der Waals surface area contributed by atoms with Crippen molar-refractivity contribution in [3.63, 3.8) is 0 Å². The molecule has 0 heterocycles. The Morgan fingerprint density at radius 3 is 2.25 bits per heavy atom. The highest BCUT2D eigenvalue weighted by molar-refractivity contribution is 6.30. The number of hydrogen-bond acceptors (Lipinski definition) is 3. The molecule has 1 N–H and O–H groups in total. The van der Waals surface area contributed by atoms with Gasteiger partial charge < -0.3 is 14.8 Å². The van der Waals surface area contributed by atoms with Gasteiger partial charge in [0.25, 0.3) is 0 Å². The molecule has 0 aliphatic carbocycles. The van der Waals surface area contributed by atoms with Crippen LogP contribution in [0.2, 0.25) is 5.02 Å². The Labute approximate surface area is 178 Å². The van der Waals surface area contributed by atoms with Crippen molar-refractivity contribution in [3.05, 3.63) is 94.5 Å². The van der Waals surface area contributed by atoms with Crippen molar-refractivity contribution in [2.45, 2.75) is 19.6 Å². The van der Waals surface area contributed by atoms with E-state index in [1.165, 1.54) is 11.1 Å². The minimum atomic E-state index is 0. The molecule has 0 atom stereocenters. The highest BCUT2D eigenvalue weighted by Crippen LogP contribution is 2.18. The van der Waals surface area contributed by atoms with Crippen molar-refractivity contribution in [2.75, 3.05) is 13.7 Å². The summed E-state index contributed by atoms with van der Waals surface area (Å²) in [6.45, 7) is 2.26. The zero-order valence-electron chi connectivity index (χ0n) is 15.9. The second-order valence-electron chi connectivity index (χ2n) is 6.30. The number of ether oxygens (including phenoxy) is 2. The summed E-state index contributed by atoms with van der Waals surface area (Å²) >= 11 is 5.90. The molecule has 0 radical (unpaired) electrons. The summed E-state index contributed by atoms with van der Waals surface area (Å²) in [4.78, 5) is 0.